The molecule has 3 heterocycles. The summed E-state index contributed by atoms with van der Waals surface area (Å²) in [5.41, 5.74) is 9.34. The van der Waals surface area contributed by atoms with Crippen LogP contribution in [0.5, 0.6) is 0 Å². The number of nitrogens with two attached hydrogens (primary N) is 1. The number of hydrogen-bond donors (Lipinski definition) is 1. The molecule has 0 fully saturated rings. The van der Waals surface area contributed by atoms with Crippen LogP contribution >= 0.6 is 11.3 Å². The first kappa shape index (κ1) is 19.4. The lowest BCUT2D eigenvalue weighted by Gasteiger charge is -2.07. The first-order valence-electron chi connectivity index (χ1n) is 9.93. The molecule has 4 rings (SSSR count). The molecule has 29 heavy (non-hydrogen) atoms. The van der Waals surface area contributed by atoms with Crippen molar-refractivity contribution in [3.05, 3.63) is 52.2 Å². The van der Waals surface area contributed by atoms with Gasteiger partial charge in [-0.2, -0.15) is 0 Å². The van der Waals surface area contributed by atoms with E-state index in [4.69, 9.17) is 20.4 Å². The summed E-state index contributed by atoms with van der Waals surface area (Å²) < 4.78 is 7.38. The van der Waals surface area contributed by atoms with E-state index in [-0.39, 0.29) is 0 Å². The maximum atomic E-state index is 12.9. The van der Waals surface area contributed by atoms with Crippen molar-refractivity contribution < 1.29 is 9.53 Å². The second-order valence-corrected chi connectivity index (χ2v) is 8.04. The van der Waals surface area contributed by atoms with Crippen molar-refractivity contribution >= 4 is 45.3 Å². The molecular weight excluding hydrogens is 384 g/mol. The number of carbonyl (C=O) groups is 1. The molecule has 0 atom stereocenters. The van der Waals surface area contributed by atoms with Crippen molar-refractivity contribution in [2.24, 2.45) is 0 Å². The minimum absolute atomic E-state index is 0.310. The van der Waals surface area contributed by atoms with Crippen LogP contribution in [0.1, 0.15) is 47.8 Å². The minimum Gasteiger partial charge on any atom is -0.462 e. The highest BCUT2D eigenvalue weighted by Gasteiger charge is 2.25. The van der Waals surface area contributed by atoms with Gasteiger partial charge in [0.15, 0.2) is 5.65 Å². The summed E-state index contributed by atoms with van der Waals surface area (Å²) in [5, 5.41) is 2.02. The van der Waals surface area contributed by atoms with Crippen molar-refractivity contribution in [2.75, 3.05) is 12.3 Å². The SMILES string of the molecule is CCCCCCOC(=O)c1c(N)n(Cc2cccs2)c2nc3ccccc3nc12. The highest BCUT2D eigenvalue weighted by atomic mass is 32.1. The van der Waals surface area contributed by atoms with Crippen LogP contribution in [0.3, 0.4) is 0 Å². The van der Waals surface area contributed by atoms with Crippen LogP contribution < -0.4 is 5.73 Å². The van der Waals surface area contributed by atoms with E-state index in [1.165, 1.54) is 0 Å². The Balaban J connectivity index is 1.74. The second-order valence-electron chi connectivity index (χ2n) is 7.01. The molecule has 0 aliphatic rings. The third-order valence-electron chi connectivity index (χ3n) is 4.92. The van der Waals surface area contributed by atoms with Gasteiger partial charge in [0.05, 0.1) is 24.2 Å². The summed E-state index contributed by atoms with van der Waals surface area (Å²) in [7, 11) is 0. The third-order valence-corrected chi connectivity index (χ3v) is 5.78. The summed E-state index contributed by atoms with van der Waals surface area (Å²) >= 11 is 1.64. The van der Waals surface area contributed by atoms with E-state index in [1.807, 2.05) is 46.3 Å². The zero-order valence-corrected chi connectivity index (χ0v) is 17.2. The van der Waals surface area contributed by atoms with Gasteiger partial charge in [0, 0.05) is 4.88 Å². The first-order valence-corrected chi connectivity index (χ1v) is 10.8. The number of fused-ring (bicyclic) bond motifs is 2. The Morgan fingerprint density at radius 3 is 2.62 bits per heavy atom. The highest BCUT2D eigenvalue weighted by Crippen LogP contribution is 2.30. The number of benzene rings is 1. The fourth-order valence-electron chi connectivity index (χ4n) is 3.40. The maximum Gasteiger partial charge on any atom is 0.344 e. The van der Waals surface area contributed by atoms with Gasteiger partial charge >= 0.3 is 5.97 Å². The van der Waals surface area contributed by atoms with E-state index in [1.54, 1.807) is 11.3 Å². The van der Waals surface area contributed by atoms with E-state index < -0.39 is 5.97 Å². The minimum atomic E-state index is -0.432. The Morgan fingerprint density at radius 2 is 1.90 bits per heavy atom. The molecule has 0 amide bonds. The van der Waals surface area contributed by atoms with Crippen molar-refractivity contribution in [3.63, 3.8) is 0 Å². The number of nitrogens with zero attached hydrogens (tertiary/aromatic N) is 3. The number of anilines is 1. The Morgan fingerprint density at radius 1 is 1.10 bits per heavy atom. The van der Waals surface area contributed by atoms with Gasteiger partial charge < -0.3 is 15.0 Å². The summed E-state index contributed by atoms with van der Waals surface area (Å²) in [6.45, 7) is 3.08. The lowest BCUT2D eigenvalue weighted by atomic mass is 10.2. The van der Waals surface area contributed by atoms with Crippen molar-refractivity contribution in [1.82, 2.24) is 14.5 Å². The number of hydrogen-bond acceptors (Lipinski definition) is 6. The van der Waals surface area contributed by atoms with E-state index in [2.05, 4.69) is 6.92 Å². The zero-order chi connectivity index (χ0) is 20.2. The van der Waals surface area contributed by atoms with E-state index >= 15 is 0 Å². The molecule has 0 aliphatic carbocycles. The van der Waals surface area contributed by atoms with Crippen LogP contribution in [0.4, 0.5) is 5.82 Å². The summed E-state index contributed by atoms with van der Waals surface area (Å²) in [5.74, 6) is -0.0826. The van der Waals surface area contributed by atoms with Gasteiger partial charge in [-0.25, -0.2) is 14.8 Å². The fraction of sp³-hybridized carbons (Fsp3) is 0.318. The smallest absolute Gasteiger partial charge is 0.344 e. The van der Waals surface area contributed by atoms with Crippen LogP contribution in [0.15, 0.2) is 41.8 Å². The Kier molecular flexibility index (Phi) is 5.76. The molecule has 0 saturated carbocycles. The van der Waals surface area contributed by atoms with Gasteiger partial charge in [-0.15, -0.1) is 11.3 Å². The number of nitrogen functional groups attached to an aromatic ring is 1. The fourth-order valence-corrected chi connectivity index (χ4v) is 4.10. The summed E-state index contributed by atoms with van der Waals surface area (Å²) in [6, 6.07) is 11.6. The van der Waals surface area contributed by atoms with Crippen LogP contribution in [-0.2, 0) is 11.3 Å². The number of carbonyl (C=O) groups excluding carboxylic acids is 1. The van der Waals surface area contributed by atoms with Gasteiger partial charge in [0.1, 0.15) is 16.9 Å². The predicted octanol–water partition coefficient (Wildman–Crippen LogP) is 5.01. The van der Waals surface area contributed by atoms with Gasteiger partial charge in [-0.05, 0) is 30.0 Å². The number of esters is 1. The summed E-state index contributed by atoms with van der Waals surface area (Å²) in [6.07, 6.45) is 4.17. The maximum absolute atomic E-state index is 12.9. The number of unbranched alkanes of at least 4 members (excludes halogenated alkanes) is 3. The van der Waals surface area contributed by atoms with Gasteiger partial charge in [0.2, 0.25) is 0 Å². The third kappa shape index (κ3) is 3.96. The molecule has 2 N–H and O–H groups in total. The number of thiophene rings is 1. The van der Waals surface area contributed by atoms with Gasteiger partial charge in [-0.1, -0.05) is 44.4 Å². The molecule has 0 aliphatic heterocycles. The monoisotopic (exact) mass is 408 g/mol. The van der Waals surface area contributed by atoms with E-state index in [9.17, 15) is 4.79 Å². The van der Waals surface area contributed by atoms with Crippen LogP contribution in [-0.4, -0.2) is 27.1 Å². The molecule has 0 radical (unpaired) electrons. The molecule has 4 aromatic rings. The summed E-state index contributed by atoms with van der Waals surface area (Å²) in [4.78, 5) is 23.5. The average molecular weight is 409 g/mol. The number of para-hydroxylation sites is 2. The van der Waals surface area contributed by atoms with Gasteiger partial charge in [-0.3, -0.25) is 0 Å². The Hall–Kier alpha value is -2.93. The molecule has 3 aromatic heterocycles. The first-order chi connectivity index (χ1) is 14.2. The van der Waals surface area contributed by atoms with Crippen molar-refractivity contribution in [1.29, 1.82) is 0 Å². The lowest BCUT2D eigenvalue weighted by molar-refractivity contribution is 0.0501. The molecule has 0 spiro atoms. The number of rotatable bonds is 8. The number of aromatic nitrogens is 3. The normalized spacial score (nSPS) is 11.3. The Bertz CT molecular complexity index is 1130. The predicted molar refractivity (Wildman–Crippen MR) is 117 cm³/mol. The molecule has 7 heteroatoms. The van der Waals surface area contributed by atoms with Gasteiger partial charge in [0.25, 0.3) is 0 Å². The second kappa shape index (κ2) is 8.61. The van der Waals surface area contributed by atoms with E-state index in [0.29, 0.717) is 35.7 Å². The topological polar surface area (TPSA) is 83.0 Å². The largest absolute Gasteiger partial charge is 0.462 e. The highest BCUT2D eigenvalue weighted by molar-refractivity contribution is 7.09. The van der Waals surface area contributed by atoms with Crippen LogP contribution in [0.2, 0.25) is 0 Å². The quantitative estimate of drug-likeness (QED) is 0.327. The molecule has 0 bridgehead atoms. The molecule has 1 aromatic carbocycles. The van der Waals surface area contributed by atoms with Crippen LogP contribution in [0, 0.1) is 0 Å². The molecule has 0 unspecified atom stereocenters. The lowest BCUT2D eigenvalue weighted by Crippen LogP contribution is -2.11. The molecule has 150 valence electrons. The van der Waals surface area contributed by atoms with Crippen molar-refractivity contribution in [2.45, 2.75) is 39.2 Å². The Labute approximate surface area is 173 Å². The molecule has 6 nitrogen and oxygen atoms in total. The van der Waals surface area contributed by atoms with Crippen molar-refractivity contribution in [3.8, 4) is 0 Å². The van der Waals surface area contributed by atoms with Crippen LogP contribution in [0.25, 0.3) is 22.2 Å². The standard InChI is InChI=1S/C22H24N4O2S/c1-2-3-4-7-12-28-22(27)18-19-21(25-17-11-6-5-10-16(17)24-19)26(20(18)23)14-15-9-8-13-29-15/h5-6,8-11,13H,2-4,7,12,14,23H2,1H3. The average Bonchev–Trinajstić information content (AvgIpc) is 3.33. The van der Waals surface area contributed by atoms with E-state index in [0.717, 1.165) is 41.6 Å². The molecular formula is C22H24N4O2S. The zero-order valence-electron chi connectivity index (χ0n) is 16.4. The number of ether oxygens (including phenoxy) is 1. The molecule has 0 saturated heterocycles.